The number of carbonyl (C=O) groups is 3. The summed E-state index contributed by atoms with van der Waals surface area (Å²) in [6, 6.07) is -1.92. The van der Waals surface area contributed by atoms with Gasteiger partial charge in [-0.25, -0.2) is 4.79 Å². The predicted octanol–water partition coefficient (Wildman–Crippen LogP) is 3.60. The third kappa shape index (κ3) is 9.75. The lowest BCUT2D eigenvalue weighted by Gasteiger charge is -2.31. The van der Waals surface area contributed by atoms with Crippen LogP contribution in [0.4, 0.5) is 4.79 Å². The summed E-state index contributed by atoms with van der Waals surface area (Å²) in [6.45, 7) is 11.2. The van der Waals surface area contributed by atoms with E-state index < -0.39 is 23.4 Å². The highest BCUT2D eigenvalue weighted by molar-refractivity contribution is 5.95. The highest BCUT2D eigenvalue weighted by Gasteiger charge is 2.35. The number of carbonyl (C=O) groups excluding carboxylic acids is 3. The van der Waals surface area contributed by atoms with E-state index in [1.807, 2.05) is 13.8 Å². The molecule has 0 saturated carbocycles. The quantitative estimate of drug-likeness (QED) is 0.310. The lowest BCUT2D eigenvalue weighted by molar-refractivity contribution is -0.153. The van der Waals surface area contributed by atoms with Crippen molar-refractivity contribution in [3.63, 3.8) is 0 Å². The van der Waals surface area contributed by atoms with Gasteiger partial charge in [0.15, 0.2) is 0 Å². The van der Waals surface area contributed by atoms with Crippen molar-refractivity contribution in [2.45, 2.75) is 98.6 Å². The van der Waals surface area contributed by atoms with Gasteiger partial charge in [-0.1, -0.05) is 59.8 Å². The smallest absolute Gasteiger partial charge is 0.349 e. The largest absolute Gasteiger partial charge is 0.352 e. The number of urea groups is 1. The number of amides is 4. The van der Waals surface area contributed by atoms with Crippen molar-refractivity contribution in [1.82, 2.24) is 15.7 Å². The van der Waals surface area contributed by atoms with Gasteiger partial charge in [0, 0.05) is 12.5 Å². The highest BCUT2D eigenvalue weighted by atomic mass is 16.5. The van der Waals surface area contributed by atoms with Crippen LogP contribution in [0.25, 0.3) is 0 Å². The number of nitrogens with zero attached hydrogens (tertiary/aromatic N) is 1. The zero-order valence-electron chi connectivity index (χ0n) is 17.2. The molecule has 7 heteroatoms. The van der Waals surface area contributed by atoms with Crippen molar-refractivity contribution < 1.29 is 19.6 Å². The fraction of sp³-hybridized carbons (Fsp3) is 0.842. The Labute approximate surface area is 157 Å². The summed E-state index contributed by atoms with van der Waals surface area (Å²) >= 11 is 0. The van der Waals surface area contributed by atoms with Crippen molar-refractivity contribution in [3.8, 4) is 0 Å². The van der Waals surface area contributed by atoms with E-state index in [1.54, 1.807) is 20.8 Å². The Morgan fingerprint density at radius 2 is 1.50 bits per heavy atom. The maximum absolute atomic E-state index is 12.3. The van der Waals surface area contributed by atoms with Gasteiger partial charge in [-0.15, -0.1) is 5.06 Å². The highest BCUT2D eigenvalue weighted by Crippen LogP contribution is 2.20. The van der Waals surface area contributed by atoms with Gasteiger partial charge in [0.25, 0.3) is 5.91 Å². The van der Waals surface area contributed by atoms with Gasteiger partial charge in [0.05, 0.1) is 0 Å². The van der Waals surface area contributed by atoms with Crippen LogP contribution in [0.3, 0.4) is 0 Å². The third-order valence-corrected chi connectivity index (χ3v) is 4.00. The normalized spacial score (nSPS) is 12.6. The van der Waals surface area contributed by atoms with Crippen molar-refractivity contribution >= 4 is 17.8 Å². The summed E-state index contributed by atoms with van der Waals surface area (Å²) in [6.07, 6.45) is 6.13. The monoisotopic (exact) mass is 371 g/mol. The van der Waals surface area contributed by atoms with Gasteiger partial charge in [0.1, 0.15) is 6.04 Å². The molecule has 152 valence electrons. The minimum Gasteiger partial charge on any atom is -0.352 e. The number of nitrogens with one attached hydrogen (secondary N) is 2. The Morgan fingerprint density at radius 3 is 2.00 bits per heavy atom. The fourth-order valence-corrected chi connectivity index (χ4v) is 2.50. The van der Waals surface area contributed by atoms with Crippen LogP contribution in [-0.2, 0) is 9.59 Å². The van der Waals surface area contributed by atoms with Crippen molar-refractivity contribution in [3.05, 3.63) is 0 Å². The van der Waals surface area contributed by atoms with E-state index in [-0.39, 0.29) is 23.4 Å². The number of unbranched alkanes of at least 4 members (excludes halogenated alkanes) is 5. The molecule has 3 N–H and O–H groups in total. The molecule has 0 fully saturated rings. The molecule has 1 unspecified atom stereocenters. The lowest BCUT2D eigenvalue weighted by atomic mass is 9.86. The van der Waals surface area contributed by atoms with Gasteiger partial charge in [-0.3, -0.25) is 14.8 Å². The molecular weight excluding hydrogens is 334 g/mol. The van der Waals surface area contributed by atoms with E-state index in [0.29, 0.717) is 6.42 Å². The van der Waals surface area contributed by atoms with Crippen LogP contribution in [0.5, 0.6) is 0 Å². The molecule has 0 aliphatic rings. The average molecular weight is 372 g/mol. The number of hydrogen-bond acceptors (Lipinski definition) is 4. The molecule has 0 rings (SSSR count). The number of hydrogen-bond donors (Lipinski definition) is 3. The van der Waals surface area contributed by atoms with Gasteiger partial charge in [-0.05, 0) is 25.7 Å². The summed E-state index contributed by atoms with van der Waals surface area (Å²) in [5.41, 5.74) is -0.572. The Morgan fingerprint density at radius 1 is 0.962 bits per heavy atom. The molecule has 0 aliphatic carbocycles. The van der Waals surface area contributed by atoms with E-state index in [1.165, 1.54) is 6.42 Å². The molecule has 0 saturated heterocycles. The Bertz CT molecular complexity index is 458. The molecule has 0 radical (unpaired) electrons. The molecule has 1 atom stereocenters. The Hall–Kier alpha value is -1.63. The zero-order valence-corrected chi connectivity index (χ0v) is 17.2. The summed E-state index contributed by atoms with van der Waals surface area (Å²) in [5.74, 6) is -1.01. The molecular formula is C19H37N3O4. The van der Waals surface area contributed by atoms with E-state index in [9.17, 15) is 19.6 Å². The minimum atomic E-state index is -0.972. The van der Waals surface area contributed by atoms with Gasteiger partial charge in [0.2, 0.25) is 5.91 Å². The van der Waals surface area contributed by atoms with Crippen LogP contribution < -0.4 is 10.6 Å². The summed E-state index contributed by atoms with van der Waals surface area (Å²) in [5, 5.41) is 15.1. The van der Waals surface area contributed by atoms with E-state index in [4.69, 9.17) is 0 Å². The maximum Gasteiger partial charge on any atom is 0.349 e. The summed E-state index contributed by atoms with van der Waals surface area (Å²) in [7, 11) is 0. The second kappa shape index (κ2) is 11.9. The Kier molecular flexibility index (Phi) is 11.1. The van der Waals surface area contributed by atoms with Crippen molar-refractivity contribution in [1.29, 1.82) is 0 Å². The number of hydroxylamine groups is 2. The maximum atomic E-state index is 12.3. The first kappa shape index (κ1) is 24.4. The molecule has 0 bridgehead atoms. The van der Waals surface area contributed by atoms with Gasteiger partial charge < -0.3 is 10.6 Å². The van der Waals surface area contributed by atoms with Crippen molar-refractivity contribution in [2.75, 3.05) is 0 Å². The molecule has 0 aromatic heterocycles. The second-order valence-corrected chi connectivity index (χ2v) is 8.14. The average Bonchev–Trinajstić information content (AvgIpc) is 2.52. The predicted molar refractivity (Wildman–Crippen MR) is 102 cm³/mol. The van der Waals surface area contributed by atoms with Crippen LogP contribution >= 0.6 is 0 Å². The van der Waals surface area contributed by atoms with E-state index in [2.05, 4.69) is 17.6 Å². The molecule has 0 aromatic rings. The van der Waals surface area contributed by atoms with Crippen molar-refractivity contribution in [2.24, 2.45) is 5.41 Å². The molecule has 0 aliphatic heterocycles. The van der Waals surface area contributed by atoms with E-state index >= 15 is 0 Å². The van der Waals surface area contributed by atoms with Crippen LogP contribution in [0.2, 0.25) is 0 Å². The van der Waals surface area contributed by atoms with E-state index in [0.717, 1.165) is 25.7 Å². The minimum absolute atomic E-state index is 0.0798. The first-order chi connectivity index (χ1) is 12.0. The number of rotatable bonds is 10. The summed E-state index contributed by atoms with van der Waals surface area (Å²) < 4.78 is 0. The molecule has 4 amide bonds. The summed E-state index contributed by atoms with van der Waals surface area (Å²) in [4.78, 5) is 36.5. The first-order valence-corrected chi connectivity index (χ1v) is 9.63. The Balaban J connectivity index is 4.58. The van der Waals surface area contributed by atoms with Crippen LogP contribution in [0, 0.1) is 5.41 Å². The molecule has 0 spiro atoms. The number of imide groups is 1. The second-order valence-electron chi connectivity index (χ2n) is 8.14. The third-order valence-electron chi connectivity index (χ3n) is 4.00. The standard InChI is InChI=1S/C19H37N3O4/c1-7-8-9-10-11-12-13-15(23)22(26)18(25)21-16(19(4,5)6)17(24)20-14(2)3/h14,16,26H,7-13H2,1-6H3,(H,20,24)(H,21,25). The SMILES string of the molecule is CCCCCCCCC(=O)N(O)C(=O)NC(C(=O)NC(C)C)C(C)(C)C. The van der Waals surface area contributed by atoms with Crippen LogP contribution in [0.15, 0.2) is 0 Å². The molecule has 7 nitrogen and oxygen atoms in total. The zero-order chi connectivity index (χ0) is 20.3. The molecule has 0 heterocycles. The lowest BCUT2D eigenvalue weighted by Crippen LogP contribution is -2.57. The fourth-order valence-electron chi connectivity index (χ4n) is 2.50. The first-order valence-electron chi connectivity index (χ1n) is 9.63. The van der Waals surface area contributed by atoms with Gasteiger partial charge in [-0.2, -0.15) is 0 Å². The molecule has 0 aromatic carbocycles. The van der Waals surface area contributed by atoms with Crippen LogP contribution in [-0.4, -0.2) is 40.2 Å². The molecule has 26 heavy (non-hydrogen) atoms. The van der Waals surface area contributed by atoms with Crippen LogP contribution in [0.1, 0.15) is 86.5 Å². The topological polar surface area (TPSA) is 98.7 Å². The van der Waals surface area contributed by atoms with Gasteiger partial charge >= 0.3 is 6.03 Å².